The van der Waals surface area contributed by atoms with Crippen LogP contribution < -0.4 is 5.32 Å². The van der Waals surface area contributed by atoms with Gasteiger partial charge in [-0.15, -0.1) is 0 Å². The molecule has 4 aliphatic heterocycles. The summed E-state index contributed by atoms with van der Waals surface area (Å²) in [6.45, 7) is 3.75. The third kappa shape index (κ3) is 3.11. The smallest absolute Gasteiger partial charge is 0.270 e. The average molecular weight is 346 g/mol. The topological polar surface area (TPSA) is 75.5 Å². The molecule has 0 aliphatic carbocycles. The number of fused-ring (bicyclic) bond motifs is 1. The van der Waals surface area contributed by atoms with Gasteiger partial charge in [-0.05, 0) is 25.2 Å². The molecule has 136 valence electrons. The van der Waals surface area contributed by atoms with Gasteiger partial charge >= 0.3 is 0 Å². The molecule has 0 saturated carbocycles. The largest absolute Gasteiger partial charge is 0.381 e. The van der Waals surface area contributed by atoms with Gasteiger partial charge in [0.1, 0.15) is 6.17 Å². The minimum atomic E-state index is -0.237. The number of hydrazone groups is 1. The molecule has 4 aliphatic rings. The third-order valence-electron chi connectivity index (χ3n) is 5.71. The summed E-state index contributed by atoms with van der Waals surface area (Å²) in [7, 11) is 1.67. The number of hydrogen-bond acceptors (Lipinski definition) is 6. The fraction of sp³-hybridized carbons (Fsp3) is 0.722. The highest BCUT2D eigenvalue weighted by Crippen LogP contribution is 2.34. The van der Waals surface area contributed by atoms with Crippen LogP contribution in [0.4, 0.5) is 0 Å². The van der Waals surface area contributed by atoms with Gasteiger partial charge in [0.15, 0.2) is 6.23 Å². The maximum Gasteiger partial charge on any atom is 0.270 e. The van der Waals surface area contributed by atoms with Crippen molar-refractivity contribution >= 4 is 17.8 Å². The van der Waals surface area contributed by atoms with Crippen molar-refractivity contribution < 1.29 is 14.3 Å². The zero-order valence-corrected chi connectivity index (χ0v) is 14.9. The van der Waals surface area contributed by atoms with E-state index in [9.17, 15) is 4.79 Å². The van der Waals surface area contributed by atoms with Crippen LogP contribution in [0.25, 0.3) is 0 Å². The zero-order chi connectivity index (χ0) is 17.4. The second-order valence-electron chi connectivity index (χ2n) is 7.32. The number of methoxy groups -OCH3 is 1. The lowest BCUT2D eigenvalue weighted by molar-refractivity contribution is -0.129. The maximum absolute atomic E-state index is 12.7. The molecule has 0 bridgehead atoms. The molecule has 25 heavy (non-hydrogen) atoms. The first kappa shape index (κ1) is 16.7. The van der Waals surface area contributed by atoms with Crippen molar-refractivity contribution in [1.29, 1.82) is 0 Å². The number of amides is 1. The highest BCUT2D eigenvalue weighted by atomic mass is 16.5. The van der Waals surface area contributed by atoms with Gasteiger partial charge in [-0.1, -0.05) is 6.92 Å². The number of rotatable bonds is 3. The molecule has 1 N–H and O–H groups in total. The molecule has 7 heteroatoms. The minimum absolute atomic E-state index is 0.0441. The molecule has 4 rings (SSSR count). The van der Waals surface area contributed by atoms with Crippen molar-refractivity contribution in [2.24, 2.45) is 27.8 Å². The van der Waals surface area contributed by atoms with Gasteiger partial charge in [0.25, 0.3) is 5.91 Å². The maximum atomic E-state index is 12.7. The van der Waals surface area contributed by atoms with Crippen LogP contribution in [-0.2, 0) is 14.3 Å². The molecule has 1 saturated heterocycles. The summed E-state index contributed by atoms with van der Waals surface area (Å²) < 4.78 is 11.0. The first-order valence-electron chi connectivity index (χ1n) is 9.18. The predicted molar refractivity (Wildman–Crippen MR) is 94.0 cm³/mol. The zero-order valence-electron chi connectivity index (χ0n) is 14.9. The van der Waals surface area contributed by atoms with Gasteiger partial charge in [0.05, 0.1) is 0 Å². The first-order valence-corrected chi connectivity index (χ1v) is 9.18. The number of nitrogens with one attached hydrogen (secondary N) is 1. The third-order valence-corrected chi connectivity index (χ3v) is 5.71. The van der Waals surface area contributed by atoms with Crippen LogP contribution in [-0.4, -0.2) is 55.6 Å². The van der Waals surface area contributed by atoms with Crippen LogP contribution >= 0.6 is 0 Å². The monoisotopic (exact) mass is 346 g/mol. The van der Waals surface area contributed by atoms with E-state index in [2.05, 4.69) is 22.3 Å². The van der Waals surface area contributed by atoms with E-state index in [1.807, 2.05) is 6.21 Å². The summed E-state index contributed by atoms with van der Waals surface area (Å²) in [5.74, 6) is 0.839. The number of carbonyl (C=O) groups is 1. The van der Waals surface area contributed by atoms with Crippen molar-refractivity contribution in [3.05, 3.63) is 11.8 Å². The lowest BCUT2D eigenvalue weighted by Crippen LogP contribution is -2.50. The van der Waals surface area contributed by atoms with E-state index in [-0.39, 0.29) is 24.2 Å². The Morgan fingerprint density at radius 3 is 2.92 bits per heavy atom. The quantitative estimate of drug-likeness (QED) is 0.841. The first-order chi connectivity index (χ1) is 12.2. The number of nitrogens with zero attached hydrogens (tertiary/aromatic N) is 3. The summed E-state index contributed by atoms with van der Waals surface area (Å²) >= 11 is 0. The summed E-state index contributed by atoms with van der Waals surface area (Å²) in [5, 5.41) is 9.78. The molecule has 0 radical (unpaired) electrons. The van der Waals surface area contributed by atoms with Gasteiger partial charge in [-0.3, -0.25) is 9.79 Å². The van der Waals surface area contributed by atoms with Crippen LogP contribution in [0.3, 0.4) is 0 Å². The fourth-order valence-electron chi connectivity index (χ4n) is 4.27. The molecule has 0 aromatic heterocycles. The van der Waals surface area contributed by atoms with E-state index in [1.165, 1.54) is 0 Å². The number of carbonyl (C=O) groups excluding carboxylic acids is 1. The lowest BCUT2D eigenvalue weighted by Gasteiger charge is -2.38. The summed E-state index contributed by atoms with van der Waals surface area (Å²) in [4.78, 5) is 17.1. The normalized spacial score (nSPS) is 35.9. The SMILES string of the molecule is COC1N=CCC(C)C1C1=CC(=O)N2N=C(C3CCOCC3)CC2N1. The van der Waals surface area contributed by atoms with Crippen molar-refractivity contribution in [1.82, 2.24) is 10.3 Å². The van der Waals surface area contributed by atoms with Gasteiger partial charge in [-0.2, -0.15) is 5.10 Å². The van der Waals surface area contributed by atoms with E-state index in [0.717, 1.165) is 50.3 Å². The highest BCUT2D eigenvalue weighted by molar-refractivity contribution is 5.96. The summed E-state index contributed by atoms with van der Waals surface area (Å²) in [5.41, 5.74) is 2.06. The van der Waals surface area contributed by atoms with E-state index in [4.69, 9.17) is 9.47 Å². The molecule has 1 amide bonds. The molecule has 4 unspecified atom stereocenters. The Morgan fingerprint density at radius 2 is 2.16 bits per heavy atom. The minimum Gasteiger partial charge on any atom is -0.381 e. The lowest BCUT2D eigenvalue weighted by atomic mass is 9.84. The van der Waals surface area contributed by atoms with Crippen LogP contribution in [0.1, 0.15) is 32.6 Å². The molecule has 0 aromatic carbocycles. The Balaban J connectivity index is 1.51. The molecule has 1 fully saturated rings. The van der Waals surface area contributed by atoms with Crippen molar-refractivity contribution in [2.45, 2.75) is 45.0 Å². The molecule has 4 atom stereocenters. The van der Waals surface area contributed by atoms with E-state index in [1.54, 1.807) is 18.2 Å². The molecular weight excluding hydrogens is 320 g/mol. The highest BCUT2D eigenvalue weighted by Gasteiger charge is 2.41. The Labute approximate surface area is 148 Å². The van der Waals surface area contributed by atoms with E-state index >= 15 is 0 Å². The van der Waals surface area contributed by atoms with Gasteiger partial charge < -0.3 is 14.8 Å². The number of ether oxygens (including phenoxy) is 2. The molecule has 0 aromatic rings. The molecule has 4 heterocycles. The van der Waals surface area contributed by atoms with Crippen molar-refractivity contribution in [2.75, 3.05) is 20.3 Å². The van der Waals surface area contributed by atoms with Crippen LogP contribution in [0.5, 0.6) is 0 Å². The van der Waals surface area contributed by atoms with Crippen molar-refractivity contribution in [3.8, 4) is 0 Å². The Kier molecular flexibility index (Phi) is 4.60. The molecule has 7 nitrogen and oxygen atoms in total. The average Bonchev–Trinajstić information content (AvgIpc) is 3.07. The van der Waals surface area contributed by atoms with E-state index in [0.29, 0.717) is 11.8 Å². The second kappa shape index (κ2) is 6.88. The van der Waals surface area contributed by atoms with Crippen molar-refractivity contribution in [3.63, 3.8) is 0 Å². The second-order valence-corrected chi connectivity index (χ2v) is 7.32. The van der Waals surface area contributed by atoms with Gasteiger partial charge in [0.2, 0.25) is 0 Å². The molecule has 0 spiro atoms. The molecular formula is C18H26N4O3. The van der Waals surface area contributed by atoms with E-state index < -0.39 is 0 Å². The fourth-order valence-corrected chi connectivity index (χ4v) is 4.27. The Bertz CT molecular complexity index is 624. The number of hydrogen-bond donors (Lipinski definition) is 1. The summed E-state index contributed by atoms with van der Waals surface area (Å²) in [6.07, 6.45) is 6.96. The van der Waals surface area contributed by atoms with Gasteiger partial charge in [0, 0.05) is 62.3 Å². The van der Waals surface area contributed by atoms with Crippen LogP contribution in [0.2, 0.25) is 0 Å². The number of aliphatic imine (C=N–C) groups is 1. The van der Waals surface area contributed by atoms with Gasteiger partial charge in [-0.25, -0.2) is 5.01 Å². The van der Waals surface area contributed by atoms with Crippen LogP contribution in [0, 0.1) is 17.8 Å². The summed E-state index contributed by atoms with van der Waals surface area (Å²) in [6, 6.07) is 0. The standard InChI is InChI=1S/C18H26N4O3/c1-11-3-6-19-18(24-2)17(11)14-10-16(23)22-15(20-14)9-13(21-22)12-4-7-25-8-5-12/h6,10-12,15,17-18,20H,3-5,7-9H2,1-2H3. The van der Waals surface area contributed by atoms with Crippen LogP contribution in [0.15, 0.2) is 21.9 Å². The Morgan fingerprint density at radius 1 is 1.36 bits per heavy atom. The Hall–Kier alpha value is -1.73. The predicted octanol–water partition coefficient (Wildman–Crippen LogP) is 1.51.